The van der Waals surface area contributed by atoms with E-state index in [0.29, 0.717) is 17.8 Å². The summed E-state index contributed by atoms with van der Waals surface area (Å²) in [7, 11) is -3.13. The highest BCUT2D eigenvalue weighted by molar-refractivity contribution is 9.10. The van der Waals surface area contributed by atoms with E-state index >= 15 is 0 Å². The molecule has 6 heteroatoms. The molecule has 0 bridgehead atoms. The molecule has 0 saturated carbocycles. The normalized spacial score (nSPS) is 12.0. The summed E-state index contributed by atoms with van der Waals surface area (Å²) >= 11 is 3.45. The number of fused-ring (bicyclic) bond motifs is 1. The van der Waals surface area contributed by atoms with Gasteiger partial charge in [0.1, 0.15) is 4.60 Å². The number of aromatic nitrogens is 1. The van der Waals surface area contributed by atoms with Crippen molar-refractivity contribution in [2.45, 2.75) is 26.9 Å². The van der Waals surface area contributed by atoms with Gasteiger partial charge in [-0.25, -0.2) is 4.98 Å². The average Bonchev–Trinajstić information content (AvgIpc) is 2.40. The van der Waals surface area contributed by atoms with Gasteiger partial charge in [0.2, 0.25) is 0 Å². The second-order valence-electron chi connectivity index (χ2n) is 4.74. The zero-order valence-corrected chi connectivity index (χ0v) is 14.9. The molecule has 0 unspecified atom stereocenters. The summed E-state index contributed by atoms with van der Waals surface area (Å²) in [6, 6.07) is 8.05. The SMILES string of the molecule is CCOP(=O)(Cc1cc2ccc(C)cc2nc1Br)OCC. The molecule has 0 aliphatic carbocycles. The van der Waals surface area contributed by atoms with Crippen LogP contribution in [0.1, 0.15) is 25.0 Å². The van der Waals surface area contributed by atoms with Gasteiger partial charge in [0.25, 0.3) is 0 Å². The van der Waals surface area contributed by atoms with Crippen molar-refractivity contribution in [1.82, 2.24) is 4.98 Å². The van der Waals surface area contributed by atoms with Crippen LogP contribution in [0.2, 0.25) is 0 Å². The zero-order chi connectivity index (χ0) is 15.5. The molecule has 0 aliphatic rings. The second-order valence-corrected chi connectivity index (χ2v) is 7.54. The molecular weight excluding hydrogens is 353 g/mol. The lowest BCUT2D eigenvalue weighted by Crippen LogP contribution is -2.00. The Balaban J connectivity index is 2.39. The lowest BCUT2D eigenvalue weighted by atomic mass is 10.1. The molecule has 2 rings (SSSR count). The fourth-order valence-corrected chi connectivity index (χ4v) is 4.50. The number of pyridine rings is 1. The van der Waals surface area contributed by atoms with E-state index in [9.17, 15) is 4.57 Å². The first-order valence-electron chi connectivity index (χ1n) is 6.91. The molecule has 0 amide bonds. The molecule has 0 atom stereocenters. The Labute approximate surface area is 133 Å². The van der Waals surface area contributed by atoms with E-state index in [1.165, 1.54) is 0 Å². The Morgan fingerprint density at radius 3 is 2.48 bits per heavy atom. The molecule has 2 aromatic rings. The Morgan fingerprint density at radius 1 is 1.19 bits per heavy atom. The fraction of sp³-hybridized carbons (Fsp3) is 0.400. The highest BCUT2D eigenvalue weighted by Gasteiger charge is 2.25. The molecule has 21 heavy (non-hydrogen) atoms. The monoisotopic (exact) mass is 371 g/mol. The highest BCUT2D eigenvalue weighted by atomic mass is 79.9. The molecule has 0 fully saturated rings. The average molecular weight is 372 g/mol. The van der Waals surface area contributed by atoms with Crippen molar-refractivity contribution in [3.8, 4) is 0 Å². The maximum atomic E-state index is 12.6. The van der Waals surface area contributed by atoms with Crippen LogP contribution in [0.25, 0.3) is 10.9 Å². The van der Waals surface area contributed by atoms with Crippen LogP contribution in [0, 0.1) is 6.92 Å². The van der Waals surface area contributed by atoms with Crippen LogP contribution in [0.3, 0.4) is 0 Å². The van der Waals surface area contributed by atoms with Crippen LogP contribution in [0.15, 0.2) is 28.9 Å². The van der Waals surface area contributed by atoms with Gasteiger partial charge >= 0.3 is 7.60 Å². The second kappa shape index (κ2) is 7.01. The predicted molar refractivity (Wildman–Crippen MR) is 88.7 cm³/mol. The number of halogens is 1. The van der Waals surface area contributed by atoms with Crippen LogP contribution < -0.4 is 0 Å². The van der Waals surface area contributed by atoms with Crippen molar-refractivity contribution < 1.29 is 13.6 Å². The number of hydrogen-bond donors (Lipinski definition) is 0. The van der Waals surface area contributed by atoms with Crippen molar-refractivity contribution in [3.05, 3.63) is 40.0 Å². The molecule has 0 aliphatic heterocycles. The first-order chi connectivity index (χ1) is 9.97. The van der Waals surface area contributed by atoms with E-state index in [4.69, 9.17) is 9.05 Å². The largest absolute Gasteiger partial charge is 0.335 e. The van der Waals surface area contributed by atoms with E-state index in [-0.39, 0.29) is 6.16 Å². The smallest absolute Gasteiger partial charge is 0.309 e. The molecular formula is C15H19BrNO3P. The van der Waals surface area contributed by atoms with Crippen molar-refractivity contribution in [2.24, 2.45) is 0 Å². The van der Waals surface area contributed by atoms with Gasteiger partial charge in [-0.2, -0.15) is 0 Å². The maximum Gasteiger partial charge on any atom is 0.335 e. The van der Waals surface area contributed by atoms with Crippen molar-refractivity contribution in [3.63, 3.8) is 0 Å². The van der Waals surface area contributed by atoms with Crippen LogP contribution in [-0.4, -0.2) is 18.2 Å². The third-order valence-corrected chi connectivity index (χ3v) is 5.73. The van der Waals surface area contributed by atoms with Crippen LogP contribution in [-0.2, 0) is 19.8 Å². The van der Waals surface area contributed by atoms with E-state index in [1.54, 1.807) is 0 Å². The van der Waals surface area contributed by atoms with Crippen LogP contribution >= 0.6 is 23.5 Å². The summed E-state index contributed by atoms with van der Waals surface area (Å²) in [5.41, 5.74) is 2.90. The summed E-state index contributed by atoms with van der Waals surface area (Å²) in [4.78, 5) is 4.53. The van der Waals surface area contributed by atoms with Gasteiger partial charge in [0.05, 0.1) is 24.9 Å². The van der Waals surface area contributed by atoms with E-state index in [0.717, 1.165) is 22.0 Å². The molecule has 4 nitrogen and oxygen atoms in total. The Kier molecular flexibility index (Phi) is 5.55. The van der Waals surface area contributed by atoms with Gasteiger partial charge in [-0.3, -0.25) is 4.57 Å². The number of rotatable bonds is 6. The zero-order valence-electron chi connectivity index (χ0n) is 12.4. The maximum absolute atomic E-state index is 12.6. The summed E-state index contributed by atoms with van der Waals surface area (Å²) in [5, 5.41) is 1.01. The Morgan fingerprint density at radius 2 is 1.86 bits per heavy atom. The fourth-order valence-electron chi connectivity index (χ4n) is 2.14. The van der Waals surface area contributed by atoms with E-state index in [1.807, 2.05) is 45.0 Å². The molecule has 0 spiro atoms. The summed E-state index contributed by atoms with van der Waals surface area (Å²) < 4.78 is 24.0. The minimum Gasteiger partial charge on any atom is -0.309 e. The third kappa shape index (κ3) is 4.13. The first kappa shape index (κ1) is 16.6. The van der Waals surface area contributed by atoms with E-state index in [2.05, 4.69) is 20.9 Å². The molecule has 1 aromatic heterocycles. The minimum absolute atomic E-state index is 0.214. The van der Waals surface area contributed by atoms with Crippen molar-refractivity contribution in [1.29, 1.82) is 0 Å². The highest BCUT2D eigenvalue weighted by Crippen LogP contribution is 2.52. The lowest BCUT2D eigenvalue weighted by Gasteiger charge is -2.17. The van der Waals surface area contributed by atoms with Gasteiger partial charge in [-0.1, -0.05) is 12.1 Å². The Hall–Kier alpha value is -0.740. The summed E-state index contributed by atoms with van der Waals surface area (Å²) in [6.45, 7) is 6.36. The molecule has 0 N–H and O–H groups in total. The van der Waals surface area contributed by atoms with Crippen molar-refractivity contribution >= 4 is 34.4 Å². The topological polar surface area (TPSA) is 48.4 Å². The number of benzene rings is 1. The van der Waals surface area contributed by atoms with Gasteiger partial charge in [-0.15, -0.1) is 0 Å². The number of hydrogen-bond acceptors (Lipinski definition) is 4. The van der Waals surface area contributed by atoms with Gasteiger partial charge in [0.15, 0.2) is 0 Å². The molecule has 1 heterocycles. The summed E-state index contributed by atoms with van der Waals surface area (Å²) in [5.74, 6) is 0. The van der Waals surface area contributed by atoms with Gasteiger partial charge in [-0.05, 0) is 60.0 Å². The van der Waals surface area contributed by atoms with Gasteiger partial charge < -0.3 is 9.05 Å². The van der Waals surface area contributed by atoms with Crippen LogP contribution in [0.4, 0.5) is 0 Å². The number of nitrogens with zero attached hydrogens (tertiary/aromatic N) is 1. The van der Waals surface area contributed by atoms with Gasteiger partial charge in [0, 0.05) is 5.39 Å². The van der Waals surface area contributed by atoms with E-state index < -0.39 is 7.60 Å². The van der Waals surface area contributed by atoms with Crippen molar-refractivity contribution in [2.75, 3.05) is 13.2 Å². The molecule has 0 saturated heterocycles. The predicted octanol–water partition coefficient (Wildman–Crippen LogP) is 5.07. The third-order valence-electron chi connectivity index (χ3n) is 3.01. The standard InChI is InChI=1S/C15H19BrNO3P/c1-4-19-21(18,20-5-2)10-13-9-12-7-6-11(3)8-14(12)17-15(13)16/h6-9H,4-5,10H2,1-3H3. The number of aryl methyl sites for hydroxylation is 1. The lowest BCUT2D eigenvalue weighted by molar-refractivity contribution is 0.219. The summed E-state index contributed by atoms with van der Waals surface area (Å²) in [6.07, 6.45) is 0.214. The first-order valence-corrected chi connectivity index (χ1v) is 9.43. The van der Waals surface area contributed by atoms with Crippen LogP contribution in [0.5, 0.6) is 0 Å². The minimum atomic E-state index is -3.13. The molecule has 1 aromatic carbocycles. The molecule has 114 valence electrons. The quantitative estimate of drug-likeness (QED) is 0.525. The Bertz CT molecular complexity index is 680. The molecule has 0 radical (unpaired) electrons.